The maximum Gasteiger partial charge on any atom is 0.341 e. The number of urea groups is 1. The Hall–Kier alpha value is -0.810. The van der Waals surface area contributed by atoms with E-state index in [1.54, 1.807) is 6.92 Å². The molecule has 0 aromatic carbocycles. The highest BCUT2D eigenvalue weighted by Gasteiger charge is 2.31. The van der Waals surface area contributed by atoms with Gasteiger partial charge < -0.3 is 10.8 Å². The largest absolute Gasteiger partial charge is 0.371 e. The summed E-state index contributed by atoms with van der Waals surface area (Å²) in [5.74, 6) is 0. The predicted molar refractivity (Wildman–Crippen MR) is 32.6 cm³/mol. The Morgan fingerprint density at radius 2 is 2.50 bits per heavy atom. The first-order valence-corrected chi connectivity index (χ1v) is 3.04. The molecule has 2 atom stereocenters. The SMILES string of the molecule is C[C@H]1C[C@@H](O)N(C(N)=O)O1. The van der Waals surface area contributed by atoms with Gasteiger partial charge in [0.05, 0.1) is 6.10 Å². The number of carbonyl (C=O) groups excluding carboxylic acids is 1. The number of amides is 2. The number of nitrogens with two attached hydrogens (primary N) is 1. The maximum atomic E-state index is 10.4. The molecule has 1 saturated heterocycles. The lowest BCUT2D eigenvalue weighted by Gasteiger charge is -2.14. The molecule has 1 heterocycles. The van der Waals surface area contributed by atoms with Crippen LogP contribution in [0.2, 0.25) is 0 Å². The van der Waals surface area contributed by atoms with E-state index in [-0.39, 0.29) is 6.10 Å². The standard InChI is InChI=1S/C5H10N2O3/c1-3-2-4(8)7(10-3)5(6)9/h3-4,8H,2H2,1H3,(H2,6,9)/t3-,4+/m0/s1. The minimum absolute atomic E-state index is 0.137. The minimum atomic E-state index is -0.882. The fraction of sp³-hybridized carbons (Fsp3) is 0.800. The van der Waals surface area contributed by atoms with Gasteiger partial charge in [0.25, 0.3) is 0 Å². The van der Waals surface area contributed by atoms with E-state index in [0.717, 1.165) is 5.06 Å². The zero-order valence-corrected chi connectivity index (χ0v) is 5.65. The number of hydrogen-bond donors (Lipinski definition) is 2. The van der Waals surface area contributed by atoms with E-state index in [1.807, 2.05) is 0 Å². The summed E-state index contributed by atoms with van der Waals surface area (Å²) < 4.78 is 0. The van der Waals surface area contributed by atoms with Crippen molar-refractivity contribution < 1.29 is 14.7 Å². The van der Waals surface area contributed by atoms with Gasteiger partial charge in [-0.25, -0.2) is 4.79 Å². The van der Waals surface area contributed by atoms with Crippen molar-refractivity contribution >= 4 is 6.03 Å². The van der Waals surface area contributed by atoms with Gasteiger partial charge in [-0.15, -0.1) is 0 Å². The lowest BCUT2D eigenvalue weighted by atomic mass is 10.3. The van der Waals surface area contributed by atoms with E-state index in [9.17, 15) is 4.79 Å². The summed E-state index contributed by atoms with van der Waals surface area (Å²) in [6, 6.07) is -0.753. The highest BCUT2D eigenvalue weighted by molar-refractivity contribution is 5.71. The van der Waals surface area contributed by atoms with Gasteiger partial charge in [0.2, 0.25) is 0 Å². The molecular formula is C5H10N2O3. The number of aliphatic hydroxyl groups excluding tert-OH is 1. The zero-order chi connectivity index (χ0) is 7.72. The quantitative estimate of drug-likeness (QED) is 0.479. The van der Waals surface area contributed by atoms with Crippen molar-refractivity contribution in [2.24, 2.45) is 5.73 Å². The van der Waals surface area contributed by atoms with Gasteiger partial charge in [0.15, 0.2) is 6.23 Å². The van der Waals surface area contributed by atoms with Crippen LogP contribution < -0.4 is 5.73 Å². The highest BCUT2D eigenvalue weighted by atomic mass is 16.7. The third kappa shape index (κ3) is 1.19. The van der Waals surface area contributed by atoms with E-state index in [1.165, 1.54) is 0 Å². The van der Waals surface area contributed by atoms with Crippen LogP contribution in [0.25, 0.3) is 0 Å². The molecule has 1 fully saturated rings. The first-order valence-electron chi connectivity index (χ1n) is 3.04. The van der Waals surface area contributed by atoms with Crippen LogP contribution in [0.4, 0.5) is 4.79 Å². The Morgan fingerprint density at radius 3 is 2.70 bits per heavy atom. The van der Waals surface area contributed by atoms with Crippen molar-refractivity contribution in [2.75, 3.05) is 0 Å². The molecule has 5 nitrogen and oxygen atoms in total. The molecule has 0 saturated carbocycles. The van der Waals surface area contributed by atoms with Crippen molar-refractivity contribution in [3.8, 4) is 0 Å². The fourth-order valence-corrected chi connectivity index (χ4v) is 0.899. The van der Waals surface area contributed by atoms with Gasteiger partial charge in [-0.1, -0.05) is 0 Å². The molecule has 0 spiro atoms. The molecule has 1 rings (SSSR count). The molecule has 0 aromatic heterocycles. The summed E-state index contributed by atoms with van der Waals surface area (Å²) in [7, 11) is 0. The average Bonchev–Trinajstić information content (AvgIpc) is 2.10. The molecule has 0 radical (unpaired) electrons. The van der Waals surface area contributed by atoms with E-state index in [2.05, 4.69) is 0 Å². The number of rotatable bonds is 0. The summed E-state index contributed by atoms with van der Waals surface area (Å²) >= 11 is 0. The van der Waals surface area contributed by atoms with Crippen LogP contribution in [-0.2, 0) is 4.84 Å². The molecule has 1 aliphatic rings. The van der Waals surface area contributed by atoms with Gasteiger partial charge in [0.1, 0.15) is 0 Å². The Morgan fingerprint density at radius 1 is 1.90 bits per heavy atom. The van der Waals surface area contributed by atoms with Crippen molar-refractivity contribution in [2.45, 2.75) is 25.7 Å². The van der Waals surface area contributed by atoms with Crippen LogP contribution in [0.5, 0.6) is 0 Å². The normalized spacial score (nSPS) is 32.8. The topological polar surface area (TPSA) is 75.8 Å². The van der Waals surface area contributed by atoms with Gasteiger partial charge in [-0.05, 0) is 6.92 Å². The van der Waals surface area contributed by atoms with E-state index >= 15 is 0 Å². The number of aliphatic hydroxyl groups is 1. The first-order chi connectivity index (χ1) is 4.61. The number of nitrogens with zero attached hydrogens (tertiary/aromatic N) is 1. The summed E-state index contributed by atoms with van der Waals surface area (Å²) in [6.07, 6.45) is -0.599. The summed E-state index contributed by atoms with van der Waals surface area (Å²) in [4.78, 5) is 15.3. The second kappa shape index (κ2) is 2.43. The van der Waals surface area contributed by atoms with E-state index < -0.39 is 12.3 Å². The van der Waals surface area contributed by atoms with Crippen molar-refractivity contribution in [3.63, 3.8) is 0 Å². The maximum absolute atomic E-state index is 10.4. The molecule has 3 N–H and O–H groups in total. The van der Waals surface area contributed by atoms with Gasteiger partial charge in [-0.3, -0.25) is 4.84 Å². The second-order valence-corrected chi connectivity index (χ2v) is 2.30. The molecule has 0 unspecified atom stereocenters. The van der Waals surface area contributed by atoms with Crippen molar-refractivity contribution in [3.05, 3.63) is 0 Å². The molecule has 0 aromatic rings. The molecule has 5 heteroatoms. The minimum Gasteiger partial charge on any atom is -0.371 e. The smallest absolute Gasteiger partial charge is 0.341 e. The van der Waals surface area contributed by atoms with Gasteiger partial charge >= 0.3 is 6.03 Å². The Kier molecular flexibility index (Phi) is 1.78. The van der Waals surface area contributed by atoms with Crippen LogP contribution in [0.1, 0.15) is 13.3 Å². The third-order valence-corrected chi connectivity index (χ3v) is 1.32. The Balaban J connectivity index is 2.54. The number of carbonyl (C=O) groups is 1. The zero-order valence-electron chi connectivity index (χ0n) is 5.65. The van der Waals surface area contributed by atoms with Crippen LogP contribution in [-0.4, -0.2) is 28.5 Å². The monoisotopic (exact) mass is 146 g/mol. The lowest BCUT2D eigenvalue weighted by Crippen LogP contribution is -2.38. The van der Waals surface area contributed by atoms with Crippen LogP contribution in [0.15, 0.2) is 0 Å². The average molecular weight is 146 g/mol. The molecule has 2 amide bonds. The van der Waals surface area contributed by atoms with Crippen LogP contribution >= 0.6 is 0 Å². The number of hydrogen-bond acceptors (Lipinski definition) is 3. The summed E-state index contributed by atoms with van der Waals surface area (Å²) in [5.41, 5.74) is 4.85. The predicted octanol–water partition coefficient (Wildman–Crippen LogP) is -0.591. The number of primary amides is 1. The fourth-order valence-electron chi connectivity index (χ4n) is 0.899. The van der Waals surface area contributed by atoms with E-state index in [4.69, 9.17) is 15.7 Å². The molecule has 0 bridgehead atoms. The lowest BCUT2D eigenvalue weighted by molar-refractivity contribution is -0.153. The first kappa shape index (κ1) is 7.30. The molecule has 58 valence electrons. The van der Waals surface area contributed by atoms with Gasteiger partial charge in [0, 0.05) is 6.42 Å². The molecular weight excluding hydrogens is 136 g/mol. The highest BCUT2D eigenvalue weighted by Crippen LogP contribution is 2.17. The Bertz CT molecular complexity index is 150. The van der Waals surface area contributed by atoms with Crippen molar-refractivity contribution in [1.82, 2.24) is 5.06 Å². The molecule has 1 aliphatic heterocycles. The van der Waals surface area contributed by atoms with E-state index in [0.29, 0.717) is 6.42 Å². The van der Waals surface area contributed by atoms with Crippen molar-refractivity contribution in [1.29, 1.82) is 0 Å². The Labute approximate surface area is 58.3 Å². The summed E-state index contributed by atoms with van der Waals surface area (Å²) in [5, 5.41) is 9.81. The molecule has 10 heavy (non-hydrogen) atoms. The second-order valence-electron chi connectivity index (χ2n) is 2.30. The number of hydroxylamine groups is 2. The summed E-state index contributed by atoms with van der Waals surface area (Å²) in [6.45, 7) is 1.76. The van der Waals surface area contributed by atoms with Crippen LogP contribution in [0.3, 0.4) is 0 Å². The third-order valence-electron chi connectivity index (χ3n) is 1.32. The van der Waals surface area contributed by atoms with Gasteiger partial charge in [-0.2, -0.15) is 5.06 Å². The van der Waals surface area contributed by atoms with Crippen LogP contribution in [0, 0.1) is 0 Å². The molecule has 0 aliphatic carbocycles.